The van der Waals surface area contributed by atoms with Gasteiger partial charge >= 0.3 is 0 Å². The van der Waals surface area contributed by atoms with E-state index in [4.69, 9.17) is 10.5 Å². The van der Waals surface area contributed by atoms with Crippen molar-refractivity contribution in [3.63, 3.8) is 0 Å². The molecule has 0 radical (unpaired) electrons. The molecule has 16 heavy (non-hydrogen) atoms. The Labute approximate surface area is 96.6 Å². The van der Waals surface area contributed by atoms with Gasteiger partial charge in [-0.1, -0.05) is 0 Å². The smallest absolute Gasteiger partial charge is 0.239 e. The highest BCUT2D eigenvalue weighted by Crippen LogP contribution is 2.17. The number of carbonyl (C=O) groups excluding carboxylic acids is 1. The Morgan fingerprint density at radius 2 is 2.38 bits per heavy atom. The molecule has 1 aliphatic rings. The predicted molar refractivity (Wildman–Crippen MR) is 60.9 cm³/mol. The molecule has 1 aliphatic heterocycles. The Morgan fingerprint density at radius 1 is 1.62 bits per heavy atom. The third kappa shape index (κ3) is 3.43. The lowest BCUT2D eigenvalue weighted by Gasteiger charge is -2.36. The summed E-state index contributed by atoms with van der Waals surface area (Å²) in [4.78, 5) is 13.7. The molecule has 1 amide bonds. The summed E-state index contributed by atoms with van der Waals surface area (Å²) in [6.07, 6.45) is 3.48. The molecule has 0 saturated carbocycles. The standard InChI is InChI=1S/C11H22N2O3/c1-16-7-5-10(12)11(15)13-6-3-2-4-9(13)8-14/h9-10,14H,2-8,12H2,1H3. The summed E-state index contributed by atoms with van der Waals surface area (Å²) < 4.78 is 4.90. The summed E-state index contributed by atoms with van der Waals surface area (Å²) in [6.45, 7) is 1.23. The maximum absolute atomic E-state index is 12.0. The van der Waals surface area contributed by atoms with Gasteiger partial charge in [-0.05, 0) is 25.7 Å². The average molecular weight is 230 g/mol. The monoisotopic (exact) mass is 230 g/mol. The molecule has 1 saturated heterocycles. The number of ether oxygens (including phenoxy) is 1. The first-order valence-electron chi connectivity index (χ1n) is 5.86. The van der Waals surface area contributed by atoms with E-state index in [1.165, 1.54) is 0 Å². The lowest BCUT2D eigenvalue weighted by Crippen LogP contribution is -2.52. The second-order valence-electron chi connectivity index (χ2n) is 4.25. The molecule has 5 heteroatoms. The summed E-state index contributed by atoms with van der Waals surface area (Å²) >= 11 is 0. The molecule has 0 aliphatic carbocycles. The molecule has 1 fully saturated rings. The van der Waals surface area contributed by atoms with Gasteiger partial charge in [0.2, 0.25) is 5.91 Å². The summed E-state index contributed by atoms with van der Waals surface area (Å²) in [5.74, 6) is -0.0594. The number of rotatable bonds is 5. The molecular weight excluding hydrogens is 208 g/mol. The zero-order valence-electron chi connectivity index (χ0n) is 9.89. The van der Waals surface area contributed by atoms with Crippen LogP contribution in [0.25, 0.3) is 0 Å². The SMILES string of the molecule is COCCC(N)C(=O)N1CCCCC1CO. The van der Waals surface area contributed by atoms with Crippen molar-refractivity contribution in [2.24, 2.45) is 5.73 Å². The van der Waals surface area contributed by atoms with E-state index in [2.05, 4.69) is 0 Å². The van der Waals surface area contributed by atoms with Gasteiger partial charge in [0.15, 0.2) is 0 Å². The van der Waals surface area contributed by atoms with Crippen molar-refractivity contribution < 1.29 is 14.6 Å². The zero-order chi connectivity index (χ0) is 12.0. The first kappa shape index (κ1) is 13.4. The summed E-state index contributed by atoms with van der Waals surface area (Å²) in [7, 11) is 1.59. The maximum Gasteiger partial charge on any atom is 0.239 e. The Balaban J connectivity index is 2.49. The van der Waals surface area contributed by atoms with E-state index >= 15 is 0 Å². The number of hydrogen-bond acceptors (Lipinski definition) is 4. The van der Waals surface area contributed by atoms with E-state index in [9.17, 15) is 9.90 Å². The van der Waals surface area contributed by atoms with Crippen molar-refractivity contribution in [1.29, 1.82) is 0 Å². The van der Waals surface area contributed by atoms with E-state index < -0.39 is 6.04 Å². The Hall–Kier alpha value is -0.650. The third-order valence-corrected chi connectivity index (χ3v) is 3.07. The van der Waals surface area contributed by atoms with Crippen molar-refractivity contribution in [1.82, 2.24) is 4.90 Å². The van der Waals surface area contributed by atoms with Gasteiger partial charge in [-0.25, -0.2) is 0 Å². The van der Waals surface area contributed by atoms with E-state index in [-0.39, 0.29) is 18.6 Å². The van der Waals surface area contributed by atoms with Crippen molar-refractivity contribution in [2.45, 2.75) is 37.8 Å². The van der Waals surface area contributed by atoms with Crippen LogP contribution in [0.5, 0.6) is 0 Å². The van der Waals surface area contributed by atoms with Crippen LogP contribution in [0.3, 0.4) is 0 Å². The minimum atomic E-state index is -0.507. The number of aliphatic hydroxyl groups is 1. The number of piperidine rings is 1. The number of nitrogens with zero attached hydrogens (tertiary/aromatic N) is 1. The highest BCUT2D eigenvalue weighted by Gasteiger charge is 2.29. The van der Waals surface area contributed by atoms with Crippen LogP contribution in [0.2, 0.25) is 0 Å². The van der Waals surface area contributed by atoms with Crippen LogP contribution in [-0.2, 0) is 9.53 Å². The topological polar surface area (TPSA) is 75.8 Å². The fraction of sp³-hybridized carbons (Fsp3) is 0.909. The Kier molecular flexibility index (Phi) is 5.73. The van der Waals surface area contributed by atoms with Crippen LogP contribution < -0.4 is 5.73 Å². The van der Waals surface area contributed by atoms with Gasteiger partial charge < -0.3 is 20.5 Å². The van der Waals surface area contributed by atoms with Gasteiger partial charge in [-0.2, -0.15) is 0 Å². The molecule has 5 nitrogen and oxygen atoms in total. The van der Waals surface area contributed by atoms with E-state index in [1.54, 1.807) is 12.0 Å². The first-order valence-corrected chi connectivity index (χ1v) is 5.86. The highest BCUT2D eigenvalue weighted by atomic mass is 16.5. The maximum atomic E-state index is 12.0. The number of amides is 1. The predicted octanol–water partition coefficient (Wildman–Crippen LogP) is -0.276. The molecule has 0 bridgehead atoms. The number of nitrogens with two attached hydrogens (primary N) is 1. The number of methoxy groups -OCH3 is 1. The third-order valence-electron chi connectivity index (χ3n) is 3.07. The van der Waals surface area contributed by atoms with Crippen LogP contribution in [0, 0.1) is 0 Å². The first-order chi connectivity index (χ1) is 7.70. The van der Waals surface area contributed by atoms with Crippen molar-refractivity contribution in [3.8, 4) is 0 Å². The number of hydrogen-bond donors (Lipinski definition) is 2. The van der Waals surface area contributed by atoms with Crippen LogP contribution >= 0.6 is 0 Å². The zero-order valence-corrected chi connectivity index (χ0v) is 9.89. The molecule has 1 heterocycles. The van der Waals surface area contributed by atoms with Gasteiger partial charge in [-0.3, -0.25) is 4.79 Å². The minimum absolute atomic E-state index is 0.0305. The van der Waals surface area contributed by atoms with Gasteiger partial charge in [0.25, 0.3) is 0 Å². The number of aliphatic hydroxyl groups excluding tert-OH is 1. The molecule has 1 rings (SSSR count). The van der Waals surface area contributed by atoms with Crippen LogP contribution in [0.1, 0.15) is 25.7 Å². The van der Waals surface area contributed by atoms with Crippen molar-refractivity contribution >= 4 is 5.91 Å². The fourth-order valence-electron chi connectivity index (χ4n) is 2.06. The van der Waals surface area contributed by atoms with E-state index in [0.717, 1.165) is 19.3 Å². The Bertz CT molecular complexity index is 223. The molecular formula is C11H22N2O3. The van der Waals surface area contributed by atoms with Gasteiger partial charge in [-0.15, -0.1) is 0 Å². The van der Waals surface area contributed by atoms with Crippen LogP contribution in [0.4, 0.5) is 0 Å². The van der Waals surface area contributed by atoms with Gasteiger partial charge in [0.1, 0.15) is 0 Å². The molecule has 2 unspecified atom stereocenters. The second kappa shape index (κ2) is 6.83. The summed E-state index contributed by atoms with van der Waals surface area (Å²) in [6, 6.07) is -0.554. The fourth-order valence-corrected chi connectivity index (χ4v) is 2.06. The molecule has 0 spiro atoms. The lowest BCUT2D eigenvalue weighted by atomic mass is 10.0. The molecule has 0 aromatic carbocycles. The minimum Gasteiger partial charge on any atom is -0.394 e. The van der Waals surface area contributed by atoms with Gasteiger partial charge in [0, 0.05) is 20.3 Å². The lowest BCUT2D eigenvalue weighted by molar-refractivity contribution is -0.137. The summed E-state index contributed by atoms with van der Waals surface area (Å²) in [5.41, 5.74) is 5.80. The molecule has 0 aromatic heterocycles. The van der Waals surface area contributed by atoms with E-state index in [1.807, 2.05) is 0 Å². The van der Waals surface area contributed by atoms with E-state index in [0.29, 0.717) is 19.6 Å². The van der Waals surface area contributed by atoms with Crippen molar-refractivity contribution in [3.05, 3.63) is 0 Å². The molecule has 0 aromatic rings. The normalized spacial score (nSPS) is 23.2. The van der Waals surface area contributed by atoms with Crippen LogP contribution in [0.15, 0.2) is 0 Å². The molecule has 2 atom stereocenters. The highest BCUT2D eigenvalue weighted by molar-refractivity contribution is 5.82. The van der Waals surface area contributed by atoms with Crippen LogP contribution in [-0.4, -0.2) is 54.9 Å². The molecule has 94 valence electrons. The summed E-state index contributed by atoms with van der Waals surface area (Å²) in [5, 5.41) is 9.21. The second-order valence-corrected chi connectivity index (χ2v) is 4.25. The number of carbonyl (C=O) groups is 1. The van der Waals surface area contributed by atoms with Crippen molar-refractivity contribution in [2.75, 3.05) is 26.9 Å². The average Bonchev–Trinajstić information content (AvgIpc) is 2.34. The quantitative estimate of drug-likeness (QED) is 0.681. The largest absolute Gasteiger partial charge is 0.394 e. The number of likely N-dealkylation sites (tertiary alicyclic amines) is 1. The Morgan fingerprint density at radius 3 is 3.00 bits per heavy atom. The molecule has 3 N–H and O–H groups in total. The van der Waals surface area contributed by atoms with Gasteiger partial charge in [0.05, 0.1) is 18.7 Å².